The first-order valence-electron chi connectivity index (χ1n) is 6.63. The van der Waals surface area contributed by atoms with Crippen LogP contribution in [0.1, 0.15) is 10.4 Å². The molecule has 1 amide bonds. The molecule has 1 unspecified atom stereocenters. The zero-order valence-corrected chi connectivity index (χ0v) is 11.4. The second-order valence-corrected chi connectivity index (χ2v) is 5.25. The molecular weight excluding hydrogens is 282 g/mol. The minimum Gasteiger partial charge on any atom is -0.374 e. The monoisotopic (exact) mass is 296 g/mol. The van der Waals surface area contributed by atoms with E-state index in [-0.39, 0.29) is 18.3 Å². The lowest BCUT2D eigenvalue weighted by atomic mass is 10.1. The first kappa shape index (κ1) is 14.1. The molecule has 0 bridgehead atoms. The van der Waals surface area contributed by atoms with Crippen molar-refractivity contribution < 1.29 is 23.1 Å². The Labute approximate surface area is 120 Å². The predicted octanol–water partition coefficient (Wildman–Crippen LogP) is 0.825. The summed E-state index contributed by atoms with van der Waals surface area (Å²) in [4.78, 5) is 26.8. The van der Waals surface area contributed by atoms with E-state index in [1.165, 1.54) is 0 Å². The summed E-state index contributed by atoms with van der Waals surface area (Å²) in [7, 11) is 1.90. The van der Waals surface area contributed by atoms with E-state index >= 15 is 0 Å². The number of ether oxygens (including phenoxy) is 1. The molecule has 1 fully saturated rings. The van der Waals surface area contributed by atoms with Crippen LogP contribution in [-0.4, -0.2) is 56.0 Å². The van der Waals surface area contributed by atoms with Crippen LogP contribution in [0.4, 0.5) is 14.5 Å². The van der Waals surface area contributed by atoms with E-state index in [0.717, 1.165) is 23.6 Å². The van der Waals surface area contributed by atoms with E-state index < -0.39 is 28.9 Å². The minimum absolute atomic E-state index is 0.0300. The first-order chi connectivity index (χ1) is 9.99. The summed E-state index contributed by atoms with van der Waals surface area (Å²) in [6.45, 7) is 1.85. The van der Waals surface area contributed by atoms with Crippen molar-refractivity contribution in [3.8, 4) is 0 Å². The van der Waals surface area contributed by atoms with E-state index in [0.29, 0.717) is 13.2 Å². The van der Waals surface area contributed by atoms with Crippen LogP contribution in [0.15, 0.2) is 12.1 Å². The Morgan fingerprint density at radius 1 is 1.29 bits per heavy atom. The highest BCUT2D eigenvalue weighted by molar-refractivity contribution is 6.52. The Balaban J connectivity index is 1.92. The van der Waals surface area contributed by atoms with Gasteiger partial charge in [-0.25, -0.2) is 8.78 Å². The van der Waals surface area contributed by atoms with Crippen molar-refractivity contribution in [3.63, 3.8) is 0 Å². The highest BCUT2D eigenvalue weighted by atomic mass is 19.1. The van der Waals surface area contributed by atoms with Crippen molar-refractivity contribution in [1.82, 2.24) is 4.90 Å². The van der Waals surface area contributed by atoms with E-state index in [2.05, 4.69) is 0 Å². The maximum atomic E-state index is 13.9. The number of carbonyl (C=O) groups excluding carboxylic acids is 2. The second kappa shape index (κ2) is 5.16. The van der Waals surface area contributed by atoms with Gasteiger partial charge in [0.05, 0.1) is 30.5 Å². The lowest BCUT2D eigenvalue weighted by Gasteiger charge is -2.32. The van der Waals surface area contributed by atoms with Gasteiger partial charge in [0.15, 0.2) is 0 Å². The third kappa shape index (κ3) is 2.32. The summed E-state index contributed by atoms with van der Waals surface area (Å²) in [5, 5.41) is 0. The minimum atomic E-state index is -1.01. The Morgan fingerprint density at radius 2 is 2.00 bits per heavy atom. The van der Waals surface area contributed by atoms with Crippen LogP contribution in [0.3, 0.4) is 0 Å². The van der Waals surface area contributed by atoms with E-state index in [4.69, 9.17) is 4.74 Å². The van der Waals surface area contributed by atoms with E-state index in [1.54, 1.807) is 0 Å². The number of rotatable bonds is 2. The number of anilines is 1. The molecule has 0 N–H and O–H groups in total. The van der Waals surface area contributed by atoms with Crippen LogP contribution in [0.5, 0.6) is 0 Å². The van der Waals surface area contributed by atoms with Gasteiger partial charge in [0.1, 0.15) is 11.6 Å². The smallest absolute Gasteiger partial charge is 0.299 e. The van der Waals surface area contributed by atoms with Crippen LogP contribution >= 0.6 is 0 Å². The van der Waals surface area contributed by atoms with Crippen LogP contribution in [-0.2, 0) is 9.53 Å². The molecule has 0 radical (unpaired) electrons. The average Bonchev–Trinajstić information content (AvgIpc) is 2.69. The quantitative estimate of drug-likeness (QED) is 0.758. The fourth-order valence-corrected chi connectivity index (χ4v) is 2.71. The lowest BCUT2D eigenvalue weighted by molar-refractivity contribution is -0.115. The lowest BCUT2D eigenvalue weighted by Crippen LogP contribution is -2.47. The molecular formula is C14H14F2N2O3. The fraction of sp³-hybridized carbons (Fsp3) is 0.429. The van der Waals surface area contributed by atoms with Gasteiger partial charge in [0, 0.05) is 13.1 Å². The van der Waals surface area contributed by atoms with Gasteiger partial charge in [-0.2, -0.15) is 0 Å². The number of nitrogens with zero attached hydrogens (tertiary/aromatic N) is 2. The molecule has 0 aliphatic carbocycles. The number of halogens is 2. The van der Waals surface area contributed by atoms with Crippen LogP contribution in [0.25, 0.3) is 0 Å². The predicted molar refractivity (Wildman–Crippen MR) is 70.3 cm³/mol. The normalized spacial score (nSPS) is 22.8. The molecule has 2 aliphatic rings. The molecule has 21 heavy (non-hydrogen) atoms. The van der Waals surface area contributed by atoms with Gasteiger partial charge in [0.2, 0.25) is 0 Å². The summed E-state index contributed by atoms with van der Waals surface area (Å²) < 4.78 is 33.2. The van der Waals surface area contributed by atoms with Crippen molar-refractivity contribution in [2.45, 2.75) is 6.10 Å². The number of Topliss-reactive ketones (excluding diaryl/α,β-unsaturated/α-hetero) is 1. The Kier molecular flexibility index (Phi) is 3.46. The van der Waals surface area contributed by atoms with Crippen molar-refractivity contribution in [2.75, 3.05) is 38.2 Å². The molecule has 112 valence electrons. The van der Waals surface area contributed by atoms with Gasteiger partial charge in [-0.3, -0.25) is 14.5 Å². The zero-order valence-electron chi connectivity index (χ0n) is 11.4. The van der Waals surface area contributed by atoms with Gasteiger partial charge < -0.3 is 9.64 Å². The number of carbonyl (C=O) groups is 2. The summed E-state index contributed by atoms with van der Waals surface area (Å²) in [5.74, 6) is -3.58. The third-order valence-electron chi connectivity index (χ3n) is 3.74. The number of hydrogen-bond acceptors (Lipinski definition) is 4. The van der Waals surface area contributed by atoms with Crippen molar-refractivity contribution in [2.24, 2.45) is 0 Å². The molecule has 3 rings (SSSR count). The Morgan fingerprint density at radius 3 is 2.71 bits per heavy atom. The van der Waals surface area contributed by atoms with E-state index in [1.807, 2.05) is 11.9 Å². The van der Waals surface area contributed by atoms with Gasteiger partial charge in [-0.15, -0.1) is 0 Å². The summed E-state index contributed by atoms with van der Waals surface area (Å²) >= 11 is 0. The average molecular weight is 296 g/mol. The molecule has 1 saturated heterocycles. The molecule has 2 aliphatic heterocycles. The summed E-state index contributed by atoms with van der Waals surface area (Å²) in [6.07, 6.45) is -0.339. The molecule has 5 nitrogen and oxygen atoms in total. The number of fused-ring (bicyclic) bond motifs is 1. The molecule has 1 aromatic carbocycles. The number of benzene rings is 1. The number of ketones is 1. The van der Waals surface area contributed by atoms with E-state index in [9.17, 15) is 18.4 Å². The maximum absolute atomic E-state index is 13.9. The van der Waals surface area contributed by atoms with Crippen molar-refractivity contribution in [3.05, 3.63) is 29.3 Å². The van der Waals surface area contributed by atoms with Crippen LogP contribution in [0, 0.1) is 11.6 Å². The topological polar surface area (TPSA) is 49.9 Å². The highest BCUT2D eigenvalue weighted by Gasteiger charge is 2.41. The number of likely N-dealkylation sites (N-methyl/N-ethyl adjacent to an activating group) is 1. The van der Waals surface area contributed by atoms with Gasteiger partial charge >= 0.3 is 0 Å². The van der Waals surface area contributed by atoms with Crippen molar-refractivity contribution >= 4 is 17.4 Å². The maximum Gasteiger partial charge on any atom is 0.299 e. The second-order valence-electron chi connectivity index (χ2n) is 5.25. The van der Waals surface area contributed by atoms with Crippen molar-refractivity contribution in [1.29, 1.82) is 0 Å². The van der Waals surface area contributed by atoms with Gasteiger partial charge in [-0.05, 0) is 19.2 Å². The molecule has 7 heteroatoms. The van der Waals surface area contributed by atoms with Gasteiger partial charge in [-0.1, -0.05) is 0 Å². The van der Waals surface area contributed by atoms with Crippen LogP contribution in [0.2, 0.25) is 0 Å². The summed E-state index contributed by atoms with van der Waals surface area (Å²) in [6, 6.07) is 1.77. The third-order valence-corrected chi connectivity index (χ3v) is 3.74. The standard InChI is InChI=1S/C14H14F2N2O3/c1-17-4-5-21-8(6-17)7-18-12-10(16)3-2-9(15)11(12)13(19)14(18)20/h2-3,8H,4-7H2,1H3. The van der Waals surface area contributed by atoms with Gasteiger partial charge in [0.25, 0.3) is 11.7 Å². The molecule has 1 aromatic rings. The largest absolute Gasteiger partial charge is 0.374 e. The molecule has 0 aromatic heterocycles. The Hall–Kier alpha value is -1.86. The molecule has 0 saturated carbocycles. The molecule has 0 spiro atoms. The molecule has 1 atom stereocenters. The zero-order chi connectivity index (χ0) is 15.1. The number of morpholine rings is 1. The molecule has 2 heterocycles. The summed E-state index contributed by atoms with van der Waals surface area (Å²) in [5.41, 5.74) is -0.758. The number of hydrogen-bond donors (Lipinski definition) is 0. The van der Waals surface area contributed by atoms with Crippen LogP contribution < -0.4 is 4.90 Å². The highest BCUT2D eigenvalue weighted by Crippen LogP contribution is 2.34. The Bertz CT molecular complexity index is 620. The SMILES string of the molecule is CN1CCOC(CN2C(=O)C(=O)c3c(F)ccc(F)c32)C1. The number of amides is 1. The first-order valence-corrected chi connectivity index (χ1v) is 6.63. The fourth-order valence-electron chi connectivity index (χ4n) is 2.71.